The number of hydrogen-bond acceptors (Lipinski definition) is 3. The molecule has 0 saturated carbocycles. The first-order valence-corrected chi connectivity index (χ1v) is 19.4. The third kappa shape index (κ3) is 4.85. The van der Waals surface area contributed by atoms with E-state index in [2.05, 4.69) is 196 Å². The Kier molecular flexibility index (Phi) is 6.92. The Morgan fingerprint density at radius 2 is 1.11 bits per heavy atom. The Labute approximate surface area is 328 Å². The van der Waals surface area contributed by atoms with Crippen LogP contribution >= 0.6 is 0 Å². The molecule has 0 bridgehead atoms. The standard InChI is InChI=1S/C52H34N4O/c1-4-15-33(16-5-1)42-32-43(34-17-6-2-7-18-34)54-52(53-42)35-19-14-22-37(31-35)56-45-29-27-39-38-23-10-12-25-44(38)55(36-20-8-3-9-21-36)50(39)48(45)41-28-30-47-49(51(41)56)40-24-11-13-26-46(40)57-47/h1-32,42H,(H,53,54). The third-order valence-corrected chi connectivity index (χ3v) is 11.5. The van der Waals surface area contributed by atoms with Crippen LogP contribution in [0.4, 0.5) is 0 Å². The number of benzene rings is 8. The molecule has 5 heteroatoms. The minimum absolute atomic E-state index is 0.0455. The molecular formula is C52H34N4O. The summed E-state index contributed by atoms with van der Waals surface area (Å²) in [6, 6.07) is 66.7. The molecule has 0 saturated heterocycles. The number of nitrogens with one attached hydrogen (secondary N) is 1. The number of hydrogen-bond donors (Lipinski definition) is 1. The summed E-state index contributed by atoms with van der Waals surface area (Å²) in [5.41, 5.74) is 12.8. The monoisotopic (exact) mass is 730 g/mol. The van der Waals surface area contributed by atoms with E-state index in [1.807, 2.05) is 12.1 Å². The molecule has 1 atom stereocenters. The van der Waals surface area contributed by atoms with Crippen LogP contribution in [0.1, 0.15) is 22.7 Å². The molecule has 8 aromatic carbocycles. The van der Waals surface area contributed by atoms with Crippen LogP contribution in [0.2, 0.25) is 0 Å². The van der Waals surface area contributed by atoms with Gasteiger partial charge in [-0.3, -0.25) is 0 Å². The van der Waals surface area contributed by atoms with Gasteiger partial charge in [-0.05, 0) is 71.8 Å². The molecule has 1 aliphatic rings. The van der Waals surface area contributed by atoms with Crippen molar-refractivity contribution in [3.8, 4) is 11.4 Å². The summed E-state index contributed by atoms with van der Waals surface area (Å²) in [5, 5.41) is 10.8. The van der Waals surface area contributed by atoms with Crippen molar-refractivity contribution in [3.05, 3.63) is 211 Å². The van der Waals surface area contributed by atoms with Gasteiger partial charge in [0.15, 0.2) is 0 Å². The van der Waals surface area contributed by atoms with Crippen LogP contribution < -0.4 is 5.32 Å². The van der Waals surface area contributed by atoms with E-state index in [0.29, 0.717) is 0 Å². The number of para-hydroxylation sites is 3. The van der Waals surface area contributed by atoms with E-state index in [-0.39, 0.29) is 6.04 Å². The summed E-state index contributed by atoms with van der Waals surface area (Å²) in [5.74, 6) is 0.832. The van der Waals surface area contributed by atoms with Crippen molar-refractivity contribution in [3.63, 3.8) is 0 Å². The van der Waals surface area contributed by atoms with Crippen molar-refractivity contribution in [2.75, 3.05) is 0 Å². The Bertz CT molecular complexity index is 3420. The second-order valence-electron chi connectivity index (χ2n) is 14.8. The second-order valence-corrected chi connectivity index (χ2v) is 14.8. The Morgan fingerprint density at radius 3 is 1.95 bits per heavy atom. The van der Waals surface area contributed by atoms with E-state index < -0.39 is 0 Å². The van der Waals surface area contributed by atoms with Crippen molar-refractivity contribution in [2.45, 2.75) is 6.04 Å². The first kappa shape index (κ1) is 31.7. The maximum Gasteiger partial charge on any atom is 0.137 e. The highest BCUT2D eigenvalue weighted by Crippen LogP contribution is 2.45. The van der Waals surface area contributed by atoms with Crippen molar-refractivity contribution in [2.24, 2.45) is 4.99 Å². The lowest BCUT2D eigenvalue weighted by atomic mass is 10.0. The van der Waals surface area contributed by atoms with E-state index in [4.69, 9.17) is 9.41 Å². The molecule has 5 nitrogen and oxygen atoms in total. The predicted octanol–water partition coefficient (Wildman–Crippen LogP) is 12.9. The Morgan fingerprint density at radius 1 is 0.456 bits per heavy atom. The van der Waals surface area contributed by atoms with E-state index in [9.17, 15) is 0 Å². The largest absolute Gasteiger partial charge is 0.456 e. The number of aromatic nitrogens is 2. The quantitative estimate of drug-likeness (QED) is 0.192. The van der Waals surface area contributed by atoms with E-state index in [1.54, 1.807) is 0 Å². The molecule has 0 radical (unpaired) electrons. The summed E-state index contributed by atoms with van der Waals surface area (Å²) in [4.78, 5) is 5.28. The van der Waals surface area contributed by atoms with Crippen LogP contribution in [-0.2, 0) is 0 Å². The van der Waals surface area contributed by atoms with Gasteiger partial charge in [0.2, 0.25) is 0 Å². The number of rotatable bonds is 5. The van der Waals surface area contributed by atoms with E-state index in [0.717, 1.165) is 67.0 Å². The SMILES string of the molecule is C1=C(c2ccccc2)N=C(c2cccc(-n3c4ccc5c6ccccc6n(-c6ccccc6)c5c4c4ccc5oc6ccccc6c5c43)c2)NC1c1ccccc1. The lowest BCUT2D eigenvalue weighted by Gasteiger charge is -2.25. The second kappa shape index (κ2) is 12.4. The molecule has 0 spiro atoms. The fourth-order valence-corrected chi connectivity index (χ4v) is 9.05. The summed E-state index contributed by atoms with van der Waals surface area (Å²) < 4.78 is 11.4. The molecule has 1 aliphatic heterocycles. The van der Waals surface area contributed by atoms with Crippen LogP contribution in [0.3, 0.4) is 0 Å². The smallest absolute Gasteiger partial charge is 0.137 e. The fourth-order valence-electron chi connectivity index (χ4n) is 9.05. The van der Waals surface area contributed by atoms with Gasteiger partial charge in [0, 0.05) is 43.9 Å². The third-order valence-electron chi connectivity index (χ3n) is 11.5. The molecule has 0 aliphatic carbocycles. The Balaban J connectivity index is 1.16. The van der Waals surface area contributed by atoms with Gasteiger partial charge in [0.1, 0.15) is 17.0 Å². The van der Waals surface area contributed by atoms with E-state index in [1.165, 1.54) is 38.1 Å². The number of amidine groups is 1. The minimum Gasteiger partial charge on any atom is -0.456 e. The number of aliphatic imine (C=N–C) groups is 1. The van der Waals surface area contributed by atoms with Gasteiger partial charge in [0.05, 0.1) is 39.2 Å². The highest BCUT2D eigenvalue weighted by Gasteiger charge is 2.25. The molecule has 1 unspecified atom stereocenters. The lowest BCUT2D eigenvalue weighted by Crippen LogP contribution is -2.31. The predicted molar refractivity (Wildman–Crippen MR) is 236 cm³/mol. The van der Waals surface area contributed by atoms with Gasteiger partial charge in [-0.1, -0.05) is 133 Å². The number of furan rings is 1. The van der Waals surface area contributed by atoms with Gasteiger partial charge in [0.25, 0.3) is 0 Å². The first-order valence-electron chi connectivity index (χ1n) is 19.4. The van der Waals surface area contributed by atoms with Gasteiger partial charge < -0.3 is 18.9 Å². The molecule has 0 fully saturated rings. The molecule has 4 heterocycles. The van der Waals surface area contributed by atoms with Gasteiger partial charge in [-0.15, -0.1) is 0 Å². The highest BCUT2D eigenvalue weighted by molar-refractivity contribution is 6.31. The summed E-state index contributed by atoms with van der Waals surface area (Å²) in [6.07, 6.45) is 2.23. The molecule has 1 N–H and O–H groups in total. The minimum atomic E-state index is -0.0455. The average molecular weight is 731 g/mol. The summed E-state index contributed by atoms with van der Waals surface area (Å²) in [6.45, 7) is 0. The van der Waals surface area contributed by atoms with Crippen molar-refractivity contribution in [1.29, 1.82) is 0 Å². The maximum absolute atomic E-state index is 6.55. The van der Waals surface area contributed by atoms with Crippen LogP contribution in [0.15, 0.2) is 204 Å². The topological polar surface area (TPSA) is 47.4 Å². The first-order chi connectivity index (χ1) is 28.3. The number of nitrogens with zero attached hydrogens (tertiary/aromatic N) is 3. The molecule has 57 heavy (non-hydrogen) atoms. The van der Waals surface area contributed by atoms with Crippen LogP contribution in [0.5, 0.6) is 0 Å². The number of fused-ring (bicyclic) bond motifs is 11. The normalized spacial score (nSPS) is 14.5. The zero-order chi connectivity index (χ0) is 37.5. The van der Waals surface area contributed by atoms with Gasteiger partial charge >= 0.3 is 0 Å². The molecular weight excluding hydrogens is 697 g/mol. The van der Waals surface area contributed by atoms with Crippen molar-refractivity contribution >= 4 is 77.1 Å². The average Bonchev–Trinajstić information content (AvgIpc) is 3.95. The maximum atomic E-state index is 6.55. The molecule has 0 amide bonds. The molecule has 12 rings (SSSR count). The van der Waals surface area contributed by atoms with Crippen molar-refractivity contribution < 1.29 is 4.42 Å². The fraction of sp³-hybridized carbons (Fsp3) is 0.0192. The zero-order valence-electron chi connectivity index (χ0n) is 30.8. The molecule has 268 valence electrons. The van der Waals surface area contributed by atoms with Crippen LogP contribution in [-0.4, -0.2) is 15.0 Å². The van der Waals surface area contributed by atoms with Crippen molar-refractivity contribution in [1.82, 2.24) is 14.5 Å². The van der Waals surface area contributed by atoms with Crippen LogP contribution in [0, 0.1) is 0 Å². The zero-order valence-corrected chi connectivity index (χ0v) is 30.8. The van der Waals surface area contributed by atoms with E-state index >= 15 is 0 Å². The molecule has 3 aromatic heterocycles. The van der Waals surface area contributed by atoms with Gasteiger partial charge in [-0.2, -0.15) is 0 Å². The summed E-state index contributed by atoms with van der Waals surface area (Å²) in [7, 11) is 0. The highest BCUT2D eigenvalue weighted by atomic mass is 16.3. The Hall–Kier alpha value is -7.63. The molecule has 11 aromatic rings. The van der Waals surface area contributed by atoms with Crippen LogP contribution in [0.25, 0.3) is 82.6 Å². The lowest BCUT2D eigenvalue weighted by molar-refractivity contribution is 0.669. The summed E-state index contributed by atoms with van der Waals surface area (Å²) >= 11 is 0. The van der Waals surface area contributed by atoms with Gasteiger partial charge in [-0.25, -0.2) is 4.99 Å².